The molecule has 5 heteroatoms. The van der Waals surface area contributed by atoms with Gasteiger partial charge in [-0.1, -0.05) is 12.1 Å². The van der Waals surface area contributed by atoms with Crippen molar-refractivity contribution in [1.29, 1.82) is 0 Å². The summed E-state index contributed by atoms with van der Waals surface area (Å²) in [6.45, 7) is 5.19. The largest absolute Gasteiger partial charge is 0.497 e. The van der Waals surface area contributed by atoms with Crippen molar-refractivity contribution in [3.63, 3.8) is 0 Å². The minimum absolute atomic E-state index is 0.110. The minimum Gasteiger partial charge on any atom is -0.497 e. The fourth-order valence-corrected chi connectivity index (χ4v) is 3.72. The van der Waals surface area contributed by atoms with E-state index in [9.17, 15) is 4.79 Å². The van der Waals surface area contributed by atoms with Crippen molar-refractivity contribution < 1.29 is 9.53 Å². The van der Waals surface area contributed by atoms with Gasteiger partial charge in [0.25, 0.3) is 5.91 Å². The highest BCUT2D eigenvalue weighted by Gasteiger charge is 2.23. The van der Waals surface area contributed by atoms with Crippen LogP contribution < -0.4 is 10.1 Å². The van der Waals surface area contributed by atoms with Crippen LogP contribution in [0.2, 0.25) is 0 Å². The van der Waals surface area contributed by atoms with Crippen LogP contribution in [0, 0.1) is 0 Å². The third kappa shape index (κ3) is 3.80. The van der Waals surface area contributed by atoms with Gasteiger partial charge in [-0.2, -0.15) is 0 Å². The maximum Gasteiger partial charge on any atom is 0.255 e. The van der Waals surface area contributed by atoms with Gasteiger partial charge in [0, 0.05) is 48.8 Å². The molecule has 0 unspecified atom stereocenters. The van der Waals surface area contributed by atoms with Crippen LogP contribution in [0.15, 0.2) is 66.9 Å². The Bertz CT molecular complexity index is 945. The molecule has 5 nitrogen and oxygen atoms in total. The highest BCUT2D eigenvalue weighted by atomic mass is 16.5. The number of methoxy groups -OCH3 is 1. The second-order valence-electron chi connectivity index (χ2n) is 7.15. The van der Waals surface area contributed by atoms with Gasteiger partial charge in [0.05, 0.1) is 7.11 Å². The first-order valence-electron chi connectivity index (χ1n) is 9.57. The number of aromatic nitrogens is 1. The van der Waals surface area contributed by atoms with E-state index < -0.39 is 0 Å². The number of hydrogen-bond donors (Lipinski definition) is 1. The van der Waals surface area contributed by atoms with Crippen molar-refractivity contribution >= 4 is 11.6 Å². The molecule has 0 saturated heterocycles. The number of carbonyl (C=O) groups is 1. The molecule has 4 rings (SSSR count). The zero-order valence-electron chi connectivity index (χ0n) is 16.3. The Hall–Kier alpha value is -3.05. The molecule has 144 valence electrons. The number of benzene rings is 2. The molecule has 0 aliphatic carbocycles. The number of hydrogen-bond acceptors (Lipinski definition) is 3. The molecule has 0 spiro atoms. The molecule has 1 aromatic heterocycles. The summed E-state index contributed by atoms with van der Waals surface area (Å²) in [4.78, 5) is 14.9. The Balaban J connectivity index is 1.39. The molecule has 3 aromatic rings. The van der Waals surface area contributed by atoms with Gasteiger partial charge in [-0.15, -0.1) is 0 Å². The van der Waals surface area contributed by atoms with E-state index in [0.717, 1.165) is 31.1 Å². The highest BCUT2D eigenvalue weighted by molar-refractivity contribution is 6.04. The van der Waals surface area contributed by atoms with E-state index in [-0.39, 0.29) is 5.91 Å². The first-order valence-corrected chi connectivity index (χ1v) is 9.57. The smallest absolute Gasteiger partial charge is 0.255 e. The lowest BCUT2D eigenvalue weighted by atomic mass is 10.1. The molecule has 1 aliphatic heterocycles. The second kappa shape index (κ2) is 7.90. The maximum atomic E-state index is 12.5. The first-order chi connectivity index (χ1) is 13.6. The van der Waals surface area contributed by atoms with Crippen molar-refractivity contribution in [3.8, 4) is 5.75 Å². The zero-order valence-corrected chi connectivity index (χ0v) is 16.3. The van der Waals surface area contributed by atoms with Crippen molar-refractivity contribution in [2.24, 2.45) is 0 Å². The van der Waals surface area contributed by atoms with Crippen molar-refractivity contribution in [1.82, 2.24) is 9.47 Å². The SMILES string of the molecule is COc1ccc(NC(=O)c2ccc(CN3CCn4cccc4[C@@H]3C)cc2)cc1. The molecule has 2 aromatic carbocycles. The van der Waals surface area contributed by atoms with Crippen molar-refractivity contribution in [3.05, 3.63) is 83.7 Å². The van der Waals surface area contributed by atoms with Crippen LogP contribution >= 0.6 is 0 Å². The molecular weight excluding hydrogens is 350 g/mol. The lowest BCUT2D eigenvalue weighted by Gasteiger charge is -2.34. The molecule has 1 aliphatic rings. The van der Waals surface area contributed by atoms with E-state index in [1.807, 2.05) is 48.5 Å². The molecule has 1 amide bonds. The van der Waals surface area contributed by atoms with E-state index in [2.05, 4.69) is 40.0 Å². The molecule has 2 heterocycles. The monoisotopic (exact) mass is 375 g/mol. The van der Waals surface area contributed by atoms with Gasteiger partial charge in [0.15, 0.2) is 0 Å². The van der Waals surface area contributed by atoms with Crippen LogP contribution in [0.4, 0.5) is 5.69 Å². The molecule has 0 fully saturated rings. The molecule has 0 bridgehead atoms. The van der Waals surface area contributed by atoms with Crippen molar-refractivity contribution in [2.45, 2.75) is 26.1 Å². The number of rotatable bonds is 5. The van der Waals surface area contributed by atoms with E-state index in [0.29, 0.717) is 11.6 Å². The Morgan fingerprint density at radius 1 is 1.07 bits per heavy atom. The summed E-state index contributed by atoms with van der Waals surface area (Å²) in [7, 11) is 1.62. The highest BCUT2D eigenvalue weighted by Crippen LogP contribution is 2.27. The molecule has 1 N–H and O–H groups in total. The normalized spacial score (nSPS) is 16.4. The van der Waals surface area contributed by atoms with E-state index in [4.69, 9.17) is 4.74 Å². The van der Waals surface area contributed by atoms with Crippen LogP contribution in [0.5, 0.6) is 5.75 Å². The van der Waals surface area contributed by atoms with Gasteiger partial charge in [0.1, 0.15) is 5.75 Å². The van der Waals surface area contributed by atoms with Gasteiger partial charge in [-0.25, -0.2) is 0 Å². The molecule has 1 atom stereocenters. The van der Waals surface area contributed by atoms with Crippen LogP contribution in [0.25, 0.3) is 0 Å². The lowest BCUT2D eigenvalue weighted by molar-refractivity contribution is 0.102. The quantitative estimate of drug-likeness (QED) is 0.722. The van der Waals surface area contributed by atoms with Crippen molar-refractivity contribution in [2.75, 3.05) is 19.0 Å². The summed E-state index contributed by atoms with van der Waals surface area (Å²) in [5.41, 5.74) is 3.98. The van der Waals surface area contributed by atoms with E-state index in [1.165, 1.54) is 11.3 Å². The van der Waals surface area contributed by atoms with Gasteiger partial charge in [-0.3, -0.25) is 9.69 Å². The number of nitrogens with zero attached hydrogens (tertiary/aromatic N) is 2. The van der Waals surface area contributed by atoms with Crippen LogP contribution in [-0.4, -0.2) is 29.0 Å². The Labute approximate surface area is 165 Å². The Kier molecular flexibility index (Phi) is 5.17. The molecule has 0 radical (unpaired) electrons. The summed E-state index contributed by atoms with van der Waals surface area (Å²) in [5, 5.41) is 2.92. The van der Waals surface area contributed by atoms with Gasteiger partial charge in [-0.05, 0) is 61.0 Å². The molecular formula is C23H25N3O2. The zero-order chi connectivity index (χ0) is 19.5. The van der Waals surface area contributed by atoms with Gasteiger partial charge >= 0.3 is 0 Å². The summed E-state index contributed by atoms with van der Waals surface area (Å²) in [5.74, 6) is 0.655. The molecule has 28 heavy (non-hydrogen) atoms. The maximum absolute atomic E-state index is 12.5. The summed E-state index contributed by atoms with van der Waals surface area (Å²) >= 11 is 0. The van der Waals surface area contributed by atoms with Crippen LogP contribution in [0.3, 0.4) is 0 Å². The predicted octanol–water partition coefficient (Wildman–Crippen LogP) is 4.33. The number of carbonyl (C=O) groups excluding carboxylic acids is 1. The average Bonchev–Trinajstić information content (AvgIpc) is 3.21. The predicted molar refractivity (Wildman–Crippen MR) is 111 cm³/mol. The number of anilines is 1. The van der Waals surface area contributed by atoms with Gasteiger partial charge < -0.3 is 14.6 Å². The Morgan fingerprint density at radius 2 is 1.82 bits per heavy atom. The summed E-state index contributed by atoms with van der Waals surface area (Å²) in [6, 6.07) is 19.9. The third-order valence-corrected chi connectivity index (χ3v) is 5.42. The summed E-state index contributed by atoms with van der Waals surface area (Å²) < 4.78 is 7.47. The topological polar surface area (TPSA) is 46.5 Å². The number of ether oxygens (including phenoxy) is 1. The standard InChI is InChI=1S/C23H25N3O2/c1-17-22-4-3-13-25(22)14-15-26(17)16-18-5-7-19(8-6-18)23(27)24-20-9-11-21(28-2)12-10-20/h3-13,17H,14-16H2,1-2H3,(H,24,27)/t17-/m0/s1. The number of fused-ring (bicyclic) bond motifs is 1. The second-order valence-corrected chi connectivity index (χ2v) is 7.15. The molecule has 0 saturated carbocycles. The minimum atomic E-state index is -0.110. The van der Waals surface area contributed by atoms with E-state index in [1.54, 1.807) is 7.11 Å². The summed E-state index contributed by atoms with van der Waals surface area (Å²) in [6.07, 6.45) is 2.15. The number of amides is 1. The van der Waals surface area contributed by atoms with Crippen LogP contribution in [-0.2, 0) is 13.1 Å². The fourth-order valence-electron chi connectivity index (χ4n) is 3.72. The van der Waals surface area contributed by atoms with Crippen LogP contribution in [0.1, 0.15) is 34.6 Å². The number of nitrogens with one attached hydrogen (secondary N) is 1. The fraction of sp³-hybridized carbons (Fsp3) is 0.261. The Morgan fingerprint density at radius 3 is 2.54 bits per heavy atom. The average molecular weight is 375 g/mol. The third-order valence-electron chi connectivity index (χ3n) is 5.42. The van der Waals surface area contributed by atoms with E-state index >= 15 is 0 Å². The van der Waals surface area contributed by atoms with Gasteiger partial charge in [0.2, 0.25) is 0 Å². The first kappa shape index (κ1) is 18.3. The lowest BCUT2D eigenvalue weighted by Crippen LogP contribution is -2.35.